The Labute approximate surface area is 190 Å². The van der Waals surface area contributed by atoms with E-state index < -0.39 is 0 Å². The second-order valence-electron chi connectivity index (χ2n) is 6.80. The van der Waals surface area contributed by atoms with Crippen LogP contribution in [0, 0.1) is 0 Å². The van der Waals surface area contributed by atoms with Crippen molar-refractivity contribution in [3.05, 3.63) is 65.5 Å². The molecule has 0 saturated carbocycles. The predicted octanol–water partition coefficient (Wildman–Crippen LogP) is 4.66. The van der Waals surface area contributed by atoms with E-state index in [9.17, 15) is 0 Å². The van der Waals surface area contributed by atoms with Crippen LogP contribution in [0.5, 0.6) is 11.5 Å². The second-order valence-corrected chi connectivity index (χ2v) is 8.13. The van der Waals surface area contributed by atoms with Crippen LogP contribution < -0.4 is 14.8 Å². The number of allylic oxidation sites excluding steroid dienone is 1. The van der Waals surface area contributed by atoms with E-state index in [1.54, 1.807) is 31.6 Å². The Hall–Kier alpha value is -3.17. The van der Waals surface area contributed by atoms with E-state index in [0.717, 1.165) is 21.7 Å². The van der Waals surface area contributed by atoms with E-state index in [4.69, 9.17) is 26.2 Å². The molecule has 0 bridgehead atoms. The number of aromatic nitrogens is 2. The summed E-state index contributed by atoms with van der Waals surface area (Å²) in [5.41, 5.74) is 2.70. The molecule has 0 saturated heterocycles. The molecule has 31 heavy (non-hydrogen) atoms. The summed E-state index contributed by atoms with van der Waals surface area (Å²) in [6.07, 6.45) is 1.80. The molecule has 7 nitrogen and oxygen atoms in total. The molecule has 1 unspecified atom stereocenters. The third-order valence-corrected chi connectivity index (χ3v) is 6.25. The molecule has 2 aromatic heterocycles. The molecular formula is C22H22N4O3S2. The van der Waals surface area contributed by atoms with Crippen LogP contribution in [0.2, 0.25) is 0 Å². The van der Waals surface area contributed by atoms with E-state index in [1.807, 2.05) is 47.5 Å². The first kappa shape index (κ1) is 21.1. The van der Waals surface area contributed by atoms with Crippen LogP contribution in [-0.4, -0.2) is 40.9 Å². The van der Waals surface area contributed by atoms with Crippen LogP contribution in [0.1, 0.15) is 24.4 Å². The summed E-state index contributed by atoms with van der Waals surface area (Å²) in [5, 5.41) is 10.2. The highest BCUT2D eigenvalue weighted by molar-refractivity contribution is 7.80. The molecule has 0 radical (unpaired) electrons. The van der Waals surface area contributed by atoms with Gasteiger partial charge in [-0.1, -0.05) is 23.4 Å². The van der Waals surface area contributed by atoms with E-state index in [0.29, 0.717) is 34.9 Å². The number of rotatable bonds is 7. The first-order valence-electron chi connectivity index (χ1n) is 9.57. The summed E-state index contributed by atoms with van der Waals surface area (Å²) in [6, 6.07) is 9.38. The molecule has 3 aromatic rings. The van der Waals surface area contributed by atoms with E-state index in [2.05, 4.69) is 22.0 Å². The topological polar surface area (TPSA) is 72.7 Å². The lowest BCUT2D eigenvalue weighted by Crippen LogP contribution is -2.45. The van der Waals surface area contributed by atoms with Gasteiger partial charge in [-0.05, 0) is 48.3 Å². The summed E-state index contributed by atoms with van der Waals surface area (Å²) < 4.78 is 16.6. The van der Waals surface area contributed by atoms with Gasteiger partial charge >= 0.3 is 0 Å². The highest BCUT2D eigenvalue weighted by Crippen LogP contribution is 2.40. The molecule has 9 heteroatoms. The van der Waals surface area contributed by atoms with Gasteiger partial charge in [-0.3, -0.25) is 0 Å². The third kappa shape index (κ3) is 3.94. The number of nitrogens with zero attached hydrogens (tertiary/aromatic N) is 3. The zero-order valence-electron chi connectivity index (χ0n) is 17.4. The van der Waals surface area contributed by atoms with Crippen molar-refractivity contribution in [3.63, 3.8) is 0 Å². The molecule has 1 atom stereocenters. The van der Waals surface area contributed by atoms with Crippen molar-refractivity contribution in [1.82, 2.24) is 20.4 Å². The fraction of sp³-hybridized carbons (Fsp3) is 0.227. The van der Waals surface area contributed by atoms with Crippen LogP contribution in [0.15, 0.2) is 58.6 Å². The summed E-state index contributed by atoms with van der Waals surface area (Å²) in [6.45, 7) is 6.40. The minimum absolute atomic E-state index is 0.301. The Bertz CT molecular complexity index is 1140. The van der Waals surface area contributed by atoms with Gasteiger partial charge in [0, 0.05) is 12.2 Å². The van der Waals surface area contributed by atoms with Crippen molar-refractivity contribution in [2.75, 3.05) is 20.8 Å². The van der Waals surface area contributed by atoms with Crippen molar-refractivity contribution >= 4 is 34.2 Å². The maximum atomic E-state index is 5.71. The number of hydrogen-bond donors (Lipinski definition) is 1. The third-order valence-electron chi connectivity index (χ3n) is 5.05. The first-order chi connectivity index (χ1) is 15.1. The summed E-state index contributed by atoms with van der Waals surface area (Å²) >= 11 is 7.20. The minimum atomic E-state index is -0.301. The Morgan fingerprint density at radius 1 is 1.29 bits per heavy atom. The molecule has 0 amide bonds. The Morgan fingerprint density at radius 2 is 2.10 bits per heavy atom. The minimum Gasteiger partial charge on any atom is -0.493 e. The highest BCUT2D eigenvalue weighted by Gasteiger charge is 2.34. The van der Waals surface area contributed by atoms with Gasteiger partial charge in [0.25, 0.3) is 5.89 Å². The zero-order valence-corrected chi connectivity index (χ0v) is 19.0. The number of ether oxygens (including phenoxy) is 2. The van der Waals surface area contributed by atoms with Crippen LogP contribution in [0.3, 0.4) is 0 Å². The van der Waals surface area contributed by atoms with Crippen LogP contribution in [0.4, 0.5) is 0 Å². The lowest BCUT2D eigenvalue weighted by Gasteiger charge is -2.37. The quantitative estimate of drug-likeness (QED) is 0.408. The number of thiophene rings is 1. The van der Waals surface area contributed by atoms with E-state index in [-0.39, 0.29) is 6.04 Å². The lowest BCUT2D eigenvalue weighted by atomic mass is 9.94. The molecule has 1 aromatic carbocycles. The van der Waals surface area contributed by atoms with Gasteiger partial charge in [0.1, 0.15) is 0 Å². The van der Waals surface area contributed by atoms with Crippen LogP contribution >= 0.6 is 23.6 Å². The van der Waals surface area contributed by atoms with Crippen molar-refractivity contribution in [2.24, 2.45) is 0 Å². The molecule has 0 spiro atoms. The summed E-state index contributed by atoms with van der Waals surface area (Å²) in [5.74, 6) is 2.27. The van der Waals surface area contributed by atoms with Crippen molar-refractivity contribution in [1.29, 1.82) is 0 Å². The number of hydrogen-bond acceptors (Lipinski definition) is 7. The Kier molecular flexibility index (Phi) is 6.06. The van der Waals surface area contributed by atoms with Gasteiger partial charge in [-0.15, -0.1) is 17.9 Å². The number of benzene rings is 1. The molecule has 0 aliphatic carbocycles. The summed E-state index contributed by atoms with van der Waals surface area (Å²) in [7, 11) is 3.22. The maximum Gasteiger partial charge on any atom is 0.258 e. The van der Waals surface area contributed by atoms with Gasteiger partial charge in [0.15, 0.2) is 16.6 Å². The van der Waals surface area contributed by atoms with Gasteiger partial charge in [0.05, 0.1) is 30.7 Å². The molecule has 160 valence electrons. The fourth-order valence-electron chi connectivity index (χ4n) is 3.53. The fourth-order valence-corrected chi connectivity index (χ4v) is 4.51. The lowest BCUT2D eigenvalue weighted by molar-refractivity contribution is 0.354. The monoisotopic (exact) mass is 454 g/mol. The molecule has 1 N–H and O–H groups in total. The van der Waals surface area contributed by atoms with Crippen molar-refractivity contribution in [3.8, 4) is 22.2 Å². The second kappa shape index (κ2) is 8.91. The number of methoxy groups -OCH3 is 2. The molecule has 1 aliphatic heterocycles. The van der Waals surface area contributed by atoms with Crippen molar-refractivity contribution < 1.29 is 14.0 Å². The van der Waals surface area contributed by atoms with Gasteiger partial charge in [-0.2, -0.15) is 4.98 Å². The highest BCUT2D eigenvalue weighted by atomic mass is 32.1. The van der Waals surface area contributed by atoms with Gasteiger partial charge in [-0.25, -0.2) is 0 Å². The van der Waals surface area contributed by atoms with E-state index in [1.165, 1.54) is 0 Å². The van der Waals surface area contributed by atoms with Crippen LogP contribution in [-0.2, 0) is 0 Å². The van der Waals surface area contributed by atoms with Crippen molar-refractivity contribution in [2.45, 2.75) is 13.0 Å². The van der Waals surface area contributed by atoms with Gasteiger partial charge in [0.2, 0.25) is 5.82 Å². The average Bonchev–Trinajstić information content (AvgIpc) is 3.47. The average molecular weight is 455 g/mol. The Balaban J connectivity index is 1.84. The Morgan fingerprint density at radius 3 is 2.77 bits per heavy atom. The molecule has 1 aliphatic rings. The smallest absolute Gasteiger partial charge is 0.258 e. The number of nitrogens with one attached hydrogen (secondary N) is 1. The summed E-state index contributed by atoms with van der Waals surface area (Å²) in [4.78, 5) is 7.59. The van der Waals surface area contributed by atoms with Crippen LogP contribution in [0.25, 0.3) is 16.3 Å². The normalized spacial score (nSPS) is 16.3. The number of thiocarbonyl (C=S) groups is 1. The molecule has 3 heterocycles. The predicted molar refractivity (Wildman–Crippen MR) is 125 cm³/mol. The maximum absolute atomic E-state index is 5.71. The molecular weight excluding hydrogens is 432 g/mol. The zero-order chi connectivity index (χ0) is 22.0. The first-order valence-corrected chi connectivity index (χ1v) is 10.9. The van der Waals surface area contributed by atoms with E-state index >= 15 is 0 Å². The largest absolute Gasteiger partial charge is 0.493 e. The molecule has 0 fully saturated rings. The SMILES string of the molecule is C=CCN1C(=S)NC(c2ccc(OC)c(OC)c2)C(c2nc(-c3cccs3)no2)=C1C. The van der Waals surface area contributed by atoms with Gasteiger partial charge < -0.3 is 24.2 Å². The standard InChI is InChI=1S/C22H22N4O3S2/c1-5-10-26-13(2)18(21-24-20(25-29-21)17-7-6-11-31-17)19(23-22(26)30)14-8-9-15(27-3)16(12-14)28-4/h5-9,11-12,19H,1,10H2,2-4H3,(H,23,30). The molecule has 4 rings (SSSR count).